The number of pyridine rings is 1. The van der Waals surface area contributed by atoms with Crippen molar-refractivity contribution in [3.8, 4) is 39.6 Å². The molecule has 0 fully saturated rings. The van der Waals surface area contributed by atoms with Gasteiger partial charge in [0.1, 0.15) is 22.7 Å². The zero-order valence-corrected chi connectivity index (χ0v) is 21.6. The molecule has 41 heavy (non-hydrogen) atoms. The molecule has 0 saturated heterocycles. The van der Waals surface area contributed by atoms with Crippen molar-refractivity contribution in [3.05, 3.63) is 114 Å². The number of fused-ring (bicyclic) bond motifs is 5. The van der Waals surface area contributed by atoms with Crippen LogP contribution in [0.1, 0.15) is 5.56 Å². The molecule has 0 radical (unpaired) electrons. The average Bonchev–Trinajstić information content (AvgIpc) is 3.50. The van der Waals surface area contributed by atoms with Gasteiger partial charge in [0.25, 0.3) is 0 Å². The molecule has 0 spiro atoms. The van der Waals surface area contributed by atoms with Gasteiger partial charge in [-0.15, -0.1) is 0 Å². The van der Waals surface area contributed by atoms with Gasteiger partial charge < -0.3 is 0 Å². The van der Waals surface area contributed by atoms with Crippen LogP contribution in [0.5, 0.6) is 0 Å². The molecule has 196 valence electrons. The highest BCUT2D eigenvalue weighted by Crippen LogP contribution is 2.38. The molecule has 0 bridgehead atoms. The summed E-state index contributed by atoms with van der Waals surface area (Å²) in [6.07, 6.45) is 0. The Bertz CT molecular complexity index is 2180. The third kappa shape index (κ3) is 3.84. The van der Waals surface area contributed by atoms with Gasteiger partial charge in [0.15, 0.2) is 23.3 Å². The van der Waals surface area contributed by atoms with E-state index >= 15 is 0 Å². The van der Waals surface area contributed by atoms with Crippen LogP contribution in [0.25, 0.3) is 66.2 Å². The van der Waals surface area contributed by atoms with Gasteiger partial charge in [-0.25, -0.2) is 22.5 Å². The van der Waals surface area contributed by atoms with Crippen molar-refractivity contribution >= 4 is 44.4 Å². The van der Waals surface area contributed by atoms with E-state index in [-0.39, 0.29) is 5.56 Å². The number of nitriles is 1. The molecule has 2 aromatic heterocycles. The van der Waals surface area contributed by atoms with Crippen LogP contribution < -0.4 is 0 Å². The molecule has 9 heteroatoms. The fourth-order valence-electron chi connectivity index (χ4n) is 5.15. The first-order chi connectivity index (χ1) is 20.0. The summed E-state index contributed by atoms with van der Waals surface area (Å²) in [5.74, 6) is -6.69. The second-order valence-corrected chi connectivity index (χ2v) is 9.90. The van der Waals surface area contributed by atoms with Crippen molar-refractivity contribution < 1.29 is 17.6 Å². The van der Waals surface area contributed by atoms with E-state index in [1.165, 1.54) is 12.1 Å². The van der Waals surface area contributed by atoms with E-state index in [0.717, 1.165) is 61.8 Å². The lowest BCUT2D eigenvalue weighted by molar-refractivity contribution is 0.454. The highest BCUT2D eigenvalue weighted by molar-refractivity contribution is 7.00. The van der Waals surface area contributed by atoms with Gasteiger partial charge in [-0.3, -0.25) is 0 Å². The fourth-order valence-corrected chi connectivity index (χ4v) is 5.69. The Morgan fingerprint density at radius 2 is 1.27 bits per heavy atom. The minimum absolute atomic E-state index is 0.0688. The number of halogens is 4. The van der Waals surface area contributed by atoms with Crippen LogP contribution in [0.2, 0.25) is 0 Å². The zero-order valence-electron chi connectivity index (χ0n) is 20.8. The predicted molar refractivity (Wildman–Crippen MR) is 151 cm³/mol. The standard InChI is InChI=1S/C32H14F4N4S/c33-27-22(15-37)28(34)30(36)25(29(27)35)17-8-6-16(7-9-17)19-10-11-20-24(14-19)38-31(18-4-2-1-3-5-18)21-12-13-23-32(26(20)21)40-41-39-23/h1-14H. The zero-order chi connectivity index (χ0) is 28.2. The Hall–Kier alpha value is -5.20. The second kappa shape index (κ2) is 9.47. The summed E-state index contributed by atoms with van der Waals surface area (Å²) < 4.78 is 66.6. The first kappa shape index (κ1) is 24.8. The quantitative estimate of drug-likeness (QED) is 0.123. The van der Waals surface area contributed by atoms with Gasteiger partial charge in [0.05, 0.1) is 28.5 Å². The molecule has 2 heterocycles. The van der Waals surface area contributed by atoms with Gasteiger partial charge in [-0.05, 0) is 34.9 Å². The Morgan fingerprint density at radius 1 is 0.610 bits per heavy atom. The molecule has 0 aliphatic rings. The Morgan fingerprint density at radius 3 is 1.98 bits per heavy atom. The minimum Gasteiger partial charge on any atom is -0.247 e. The van der Waals surface area contributed by atoms with Crippen LogP contribution in [0, 0.1) is 34.6 Å². The largest absolute Gasteiger partial charge is 0.247 e. The van der Waals surface area contributed by atoms with Crippen molar-refractivity contribution in [1.29, 1.82) is 5.26 Å². The first-order valence-corrected chi connectivity index (χ1v) is 13.1. The Labute approximate surface area is 234 Å². The number of rotatable bonds is 3. The molecule has 0 atom stereocenters. The van der Waals surface area contributed by atoms with Crippen molar-refractivity contribution in [2.75, 3.05) is 0 Å². The van der Waals surface area contributed by atoms with E-state index in [1.807, 2.05) is 60.7 Å². The van der Waals surface area contributed by atoms with E-state index in [4.69, 9.17) is 10.2 Å². The first-order valence-electron chi connectivity index (χ1n) is 12.4. The molecular weight excluding hydrogens is 548 g/mol. The maximum absolute atomic E-state index is 14.6. The molecule has 0 amide bonds. The summed E-state index contributed by atoms with van der Waals surface area (Å²) in [6.45, 7) is 0. The molecule has 0 unspecified atom stereocenters. The SMILES string of the molecule is N#Cc1c(F)c(F)c(-c2ccc(-c3ccc4c(c3)nc(-c3ccccc3)c3ccc5nsnc5c34)cc2)c(F)c1F. The number of nitrogens with zero attached hydrogens (tertiary/aromatic N) is 4. The normalized spacial score (nSPS) is 11.4. The molecule has 0 aliphatic heterocycles. The third-order valence-electron chi connectivity index (χ3n) is 7.11. The summed E-state index contributed by atoms with van der Waals surface area (Å²) in [4.78, 5) is 5.02. The maximum atomic E-state index is 14.6. The number of aromatic nitrogens is 3. The van der Waals surface area contributed by atoms with Crippen molar-refractivity contribution in [3.63, 3.8) is 0 Å². The fraction of sp³-hybridized carbons (Fsp3) is 0. The van der Waals surface area contributed by atoms with E-state index < -0.39 is 34.4 Å². The minimum atomic E-state index is -1.73. The van der Waals surface area contributed by atoms with Gasteiger partial charge in [-0.1, -0.05) is 66.7 Å². The van der Waals surface area contributed by atoms with E-state index in [1.54, 1.807) is 12.1 Å². The average molecular weight is 563 g/mol. The molecule has 5 aromatic carbocycles. The lowest BCUT2D eigenvalue weighted by Crippen LogP contribution is -2.03. The smallest absolute Gasteiger partial charge is 0.180 e. The van der Waals surface area contributed by atoms with Crippen LogP contribution in [0.3, 0.4) is 0 Å². The summed E-state index contributed by atoms with van der Waals surface area (Å²) in [5, 5.41) is 11.6. The van der Waals surface area contributed by atoms with Gasteiger partial charge in [0.2, 0.25) is 0 Å². The Kier molecular flexibility index (Phi) is 5.73. The van der Waals surface area contributed by atoms with E-state index in [2.05, 4.69) is 8.75 Å². The van der Waals surface area contributed by atoms with Gasteiger partial charge in [-0.2, -0.15) is 14.0 Å². The van der Waals surface area contributed by atoms with Gasteiger partial charge >= 0.3 is 0 Å². The monoisotopic (exact) mass is 562 g/mol. The summed E-state index contributed by atoms with van der Waals surface area (Å²) in [5.41, 5.74) is 3.28. The van der Waals surface area contributed by atoms with Crippen LogP contribution >= 0.6 is 11.7 Å². The summed E-state index contributed by atoms with van der Waals surface area (Å²) in [7, 11) is 0. The van der Waals surface area contributed by atoms with Crippen LogP contribution in [-0.4, -0.2) is 13.7 Å². The maximum Gasteiger partial charge on any atom is 0.180 e. The summed E-state index contributed by atoms with van der Waals surface area (Å²) in [6, 6.07) is 26.7. The van der Waals surface area contributed by atoms with E-state index in [0.29, 0.717) is 11.1 Å². The highest BCUT2D eigenvalue weighted by atomic mass is 32.1. The van der Waals surface area contributed by atoms with Crippen LogP contribution in [0.15, 0.2) is 84.9 Å². The topological polar surface area (TPSA) is 62.5 Å². The molecule has 0 aliphatic carbocycles. The van der Waals surface area contributed by atoms with Crippen LogP contribution in [-0.2, 0) is 0 Å². The highest BCUT2D eigenvalue weighted by Gasteiger charge is 2.26. The lowest BCUT2D eigenvalue weighted by Gasteiger charge is -2.12. The molecule has 0 saturated carbocycles. The number of benzene rings is 5. The molecule has 4 nitrogen and oxygen atoms in total. The van der Waals surface area contributed by atoms with Crippen LogP contribution in [0.4, 0.5) is 17.6 Å². The molecule has 0 N–H and O–H groups in total. The summed E-state index contributed by atoms with van der Waals surface area (Å²) >= 11 is 1.15. The molecular formula is C32H14F4N4S. The van der Waals surface area contributed by atoms with Crippen molar-refractivity contribution in [1.82, 2.24) is 13.7 Å². The number of hydrogen-bond acceptors (Lipinski definition) is 5. The van der Waals surface area contributed by atoms with Crippen molar-refractivity contribution in [2.24, 2.45) is 0 Å². The van der Waals surface area contributed by atoms with Gasteiger partial charge in [0, 0.05) is 21.7 Å². The Balaban J connectivity index is 1.39. The predicted octanol–water partition coefficient (Wildman–Crippen LogP) is 8.82. The molecule has 7 rings (SSSR count). The number of hydrogen-bond donors (Lipinski definition) is 0. The molecule has 7 aromatic rings. The van der Waals surface area contributed by atoms with E-state index in [9.17, 15) is 17.6 Å². The second-order valence-electron chi connectivity index (χ2n) is 9.37. The third-order valence-corrected chi connectivity index (χ3v) is 7.65. The lowest BCUT2D eigenvalue weighted by atomic mass is 9.95. The van der Waals surface area contributed by atoms with Crippen molar-refractivity contribution in [2.45, 2.75) is 0 Å².